The average Bonchev–Trinajstić information content (AvgIpc) is 3.05. The lowest BCUT2D eigenvalue weighted by atomic mass is 10.4. The van der Waals surface area contributed by atoms with Gasteiger partial charge in [-0.25, -0.2) is 4.52 Å². The minimum Gasteiger partial charge on any atom is -0.493 e. The number of methoxy groups -OCH3 is 1. The van der Waals surface area contributed by atoms with Crippen LogP contribution in [0.4, 0.5) is 5.82 Å². The van der Waals surface area contributed by atoms with Crippen LogP contribution in [0.15, 0.2) is 21.9 Å². The van der Waals surface area contributed by atoms with Crippen molar-refractivity contribution in [1.29, 1.82) is 0 Å². The highest BCUT2D eigenvalue weighted by molar-refractivity contribution is 9.10. The maximum atomic E-state index is 12.4. The summed E-state index contributed by atoms with van der Waals surface area (Å²) in [5.41, 5.74) is 0.911. The van der Waals surface area contributed by atoms with Crippen molar-refractivity contribution in [3.63, 3.8) is 0 Å². The Morgan fingerprint density at radius 1 is 1.48 bits per heavy atom. The van der Waals surface area contributed by atoms with Crippen LogP contribution >= 0.6 is 27.5 Å². The second-order valence-electron chi connectivity index (χ2n) is 4.51. The van der Waals surface area contributed by atoms with Gasteiger partial charge in [-0.05, 0) is 22.9 Å². The van der Waals surface area contributed by atoms with Gasteiger partial charge in [0.25, 0.3) is 5.16 Å². The molecule has 0 aliphatic rings. The number of pyridine rings is 1. The smallest absolute Gasteiger partial charge is 0.300 e. The highest BCUT2D eigenvalue weighted by Crippen LogP contribution is 2.26. The van der Waals surface area contributed by atoms with Gasteiger partial charge in [0.05, 0.1) is 16.6 Å². The first-order valence-corrected chi connectivity index (χ1v) is 8.80. The lowest BCUT2D eigenvalue weighted by Gasteiger charge is -2.01. The zero-order valence-electron chi connectivity index (χ0n) is 11.8. The first-order chi connectivity index (χ1) is 10.8. The van der Waals surface area contributed by atoms with Crippen molar-refractivity contribution in [3.05, 3.63) is 27.5 Å². The number of H-pyrrole nitrogens is 1. The van der Waals surface area contributed by atoms with E-state index in [9.17, 15) is 8.42 Å². The first-order valence-electron chi connectivity index (χ1n) is 6.15. The van der Waals surface area contributed by atoms with Crippen molar-refractivity contribution in [2.45, 2.75) is 12.1 Å². The van der Waals surface area contributed by atoms with Gasteiger partial charge in [0.1, 0.15) is 0 Å². The molecule has 0 bridgehead atoms. The summed E-state index contributed by atoms with van der Waals surface area (Å²) in [4.78, 5) is 3.99. The SMILES string of the molecule is COc1cc(Cl)cn2nc(S(=O)(=O)Nc3n[nH]c(C)c3Br)nc12. The molecule has 0 amide bonds. The number of hydrogen-bond donors (Lipinski definition) is 2. The molecule has 0 aliphatic carbocycles. The molecule has 0 saturated heterocycles. The van der Waals surface area contributed by atoms with Crippen LogP contribution in [0.2, 0.25) is 5.02 Å². The molecule has 0 spiro atoms. The van der Waals surface area contributed by atoms with Crippen LogP contribution in [0.25, 0.3) is 5.65 Å². The predicted octanol–water partition coefficient (Wildman–Crippen LogP) is 1.99. The van der Waals surface area contributed by atoms with Crippen molar-refractivity contribution in [1.82, 2.24) is 24.8 Å². The second kappa shape index (κ2) is 5.65. The monoisotopic (exact) mass is 420 g/mol. The van der Waals surface area contributed by atoms with Crippen LogP contribution < -0.4 is 9.46 Å². The van der Waals surface area contributed by atoms with Crippen LogP contribution in [0.1, 0.15) is 5.69 Å². The van der Waals surface area contributed by atoms with E-state index < -0.39 is 15.2 Å². The van der Waals surface area contributed by atoms with E-state index in [0.29, 0.717) is 20.9 Å². The quantitative estimate of drug-likeness (QED) is 0.666. The molecule has 2 N–H and O–H groups in total. The molecule has 0 radical (unpaired) electrons. The number of halogens is 2. The second-order valence-corrected chi connectivity index (χ2v) is 7.31. The van der Waals surface area contributed by atoms with Crippen LogP contribution in [0.3, 0.4) is 0 Å². The van der Waals surface area contributed by atoms with Gasteiger partial charge in [0.15, 0.2) is 17.2 Å². The van der Waals surface area contributed by atoms with E-state index >= 15 is 0 Å². The fourth-order valence-electron chi connectivity index (χ4n) is 1.83. The summed E-state index contributed by atoms with van der Waals surface area (Å²) in [6.45, 7) is 1.74. The van der Waals surface area contributed by atoms with Crippen LogP contribution in [-0.2, 0) is 10.0 Å². The summed E-state index contributed by atoms with van der Waals surface area (Å²) in [6.07, 6.45) is 1.43. The van der Waals surface area contributed by atoms with Gasteiger partial charge in [-0.3, -0.25) is 9.82 Å². The molecule has 3 rings (SSSR count). The van der Waals surface area contributed by atoms with E-state index in [-0.39, 0.29) is 11.5 Å². The fourth-order valence-corrected chi connectivity index (χ4v) is 3.32. The van der Waals surface area contributed by atoms with Gasteiger partial charge in [0.2, 0.25) is 0 Å². The van der Waals surface area contributed by atoms with Crippen molar-refractivity contribution < 1.29 is 13.2 Å². The zero-order valence-corrected chi connectivity index (χ0v) is 15.0. The zero-order chi connectivity index (χ0) is 16.8. The van der Waals surface area contributed by atoms with Gasteiger partial charge < -0.3 is 4.74 Å². The average molecular weight is 422 g/mol. The summed E-state index contributed by atoms with van der Waals surface area (Å²) >= 11 is 9.16. The summed E-state index contributed by atoms with van der Waals surface area (Å²) < 4.78 is 34.0. The molecule has 3 heterocycles. The molecule has 9 nitrogen and oxygen atoms in total. The molecule has 12 heteroatoms. The Bertz CT molecular complexity index is 999. The lowest BCUT2D eigenvalue weighted by molar-refractivity contribution is 0.416. The summed E-state index contributed by atoms with van der Waals surface area (Å²) in [5, 5.41) is 10.3. The first kappa shape index (κ1) is 16.0. The molecular formula is C11H10BrClN6O3S. The maximum Gasteiger partial charge on any atom is 0.300 e. The number of ether oxygens (including phenoxy) is 1. The molecule has 3 aromatic rings. The van der Waals surface area contributed by atoms with E-state index in [4.69, 9.17) is 16.3 Å². The largest absolute Gasteiger partial charge is 0.493 e. The molecule has 0 fully saturated rings. The number of nitrogens with zero attached hydrogens (tertiary/aromatic N) is 4. The van der Waals surface area contributed by atoms with E-state index in [1.807, 2.05) is 0 Å². The molecule has 3 aromatic heterocycles. The standard InChI is InChI=1S/C11H10BrClN6O3S/c1-5-8(12)9(16-15-5)18-23(20,21)11-14-10-7(22-2)3-6(13)4-19(10)17-11/h3-4H,1-2H3,(H2,15,16,18). The number of anilines is 1. The van der Waals surface area contributed by atoms with Crippen molar-refractivity contribution in [2.75, 3.05) is 11.8 Å². The molecule has 0 atom stereocenters. The molecule has 0 saturated carbocycles. The number of aromatic nitrogens is 5. The van der Waals surface area contributed by atoms with Crippen molar-refractivity contribution >= 4 is 49.0 Å². The van der Waals surface area contributed by atoms with Gasteiger partial charge in [0, 0.05) is 18.0 Å². The predicted molar refractivity (Wildman–Crippen MR) is 86.4 cm³/mol. The Morgan fingerprint density at radius 3 is 2.83 bits per heavy atom. The molecule has 122 valence electrons. The molecular weight excluding hydrogens is 412 g/mol. The third-order valence-electron chi connectivity index (χ3n) is 2.91. The fraction of sp³-hybridized carbons (Fsp3) is 0.182. The number of hydrogen-bond acceptors (Lipinski definition) is 6. The summed E-state index contributed by atoms with van der Waals surface area (Å²) in [5.74, 6) is 0.426. The Hall–Kier alpha value is -1.85. The third kappa shape index (κ3) is 2.86. The minimum absolute atomic E-state index is 0.117. The van der Waals surface area contributed by atoms with Crippen LogP contribution in [0.5, 0.6) is 5.75 Å². The number of rotatable bonds is 4. The summed E-state index contributed by atoms with van der Waals surface area (Å²) in [6, 6.07) is 1.52. The minimum atomic E-state index is -4.03. The summed E-state index contributed by atoms with van der Waals surface area (Å²) in [7, 11) is -2.60. The number of nitrogens with one attached hydrogen (secondary N) is 2. The van der Waals surface area contributed by atoms with Gasteiger partial charge >= 0.3 is 10.0 Å². The molecule has 0 unspecified atom stereocenters. The van der Waals surface area contributed by atoms with E-state index in [1.54, 1.807) is 6.92 Å². The van der Waals surface area contributed by atoms with Crippen LogP contribution in [-0.4, -0.2) is 40.3 Å². The van der Waals surface area contributed by atoms with Gasteiger partial charge in [-0.1, -0.05) is 11.6 Å². The van der Waals surface area contributed by atoms with Gasteiger partial charge in [-0.15, -0.1) is 5.10 Å². The normalized spacial score (nSPS) is 11.8. The number of aryl methyl sites for hydroxylation is 1. The molecule has 0 aromatic carbocycles. The van der Waals surface area contributed by atoms with Crippen LogP contribution in [0, 0.1) is 6.92 Å². The van der Waals surface area contributed by atoms with Crippen molar-refractivity contribution in [3.8, 4) is 5.75 Å². The third-order valence-corrected chi connectivity index (χ3v) is 5.20. The highest BCUT2D eigenvalue weighted by atomic mass is 79.9. The number of fused-ring (bicyclic) bond motifs is 1. The Labute approximate surface area is 144 Å². The lowest BCUT2D eigenvalue weighted by Crippen LogP contribution is -2.15. The molecule has 23 heavy (non-hydrogen) atoms. The Balaban J connectivity index is 2.06. The van der Waals surface area contributed by atoms with E-state index in [2.05, 4.69) is 40.9 Å². The Morgan fingerprint density at radius 2 is 2.22 bits per heavy atom. The highest BCUT2D eigenvalue weighted by Gasteiger charge is 2.24. The van der Waals surface area contributed by atoms with E-state index in [1.165, 1.54) is 23.9 Å². The van der Waals surface area contributed by atoms with Gasteiger partial charge in [-0.2, -0.15) is 18.5 Å². The van der Waals surface area contributed by atoms with Crippen molar-refractivity contribution in [2.24, 2.45) is 0 Å². The number of aromatic amines is 1. The Kier molecular flexibility index (Phi) is 3.94. The molecule has 0 aliphatic heterocycles. The maximum absolute atomic E-state index is 12.4. The topological polar surface area (TPSA) is 114 Å². The number of sulfonamides is 1. The van der Waals surface area contributed by atoms with E-state index in [0.717, 1.165) is 0 Å².